The van der Waals surface area contributed by atoms with Gasteiger partial charge in [0.15, 0.2) is 5.82 Å². The van der Waals surface area contributed by atoms with E-state index in [1.807, 2.05) is 6.07 Å². The fraction of sp³-hybridized carbons (Fsp3) is 0.471. The number of carbonyl (C=O) groups is 2. The van der Waals surface area contributed by atoms with Crippen molar-refractivity contribution < 1.29 is 9.59 Å². The number of carbonyl (C=O) groups excluding carboxylic acids is 2. The molecule has 138 valence electrons. The van der Waals surface area contributed by atoms with Crippen LogP contribution in [0.25, 0.3) is 5.69 Å². The molecular weight excluding hydrogens is 334 g/mol. The van der Waals surface area contributed by atoms with Gasteiger partial charge in [-0.1, -0.05) is 13.0 Å². The minimum atomic E-state index is -0.684. The van der Waals surface area contributed by atoms with E-state index in [9.17, 15) is 9.59 Å². The van der Waals surface area contributed by atoms with Gasteiger partial charge in [0.1, 0.15) is 0 Å². The third kappa shape index (κ3) is 4.05. The summed E-state index contributed by atoms with van der Waals surface area (Å²) in [4.78, 5) is 26.6. The smallest absolute Gasteiger partial charge is 0.313 e. The van der Waals surface area contributed by atoms with Gasteiger partial charge >= 0.3 is 11.8 Å². The van der Waals surface area contributed by atoms with Crippen molar-refractivity contribution in [3.63, 3.8) is 0 Å². The number of likely N-dealkylation sites (N-methyl/N-ethyl adjacent to an activating group) is 1. The molecule has 2 N–H and O–H groups in total. The van der Waals surface area contributed by atoms with E-state index in [-0.39, 0.29) is 0 Å². The zero-order valence-corrected chi connectivity index (χ0v) is 15.0. The molecule has 26 heavy (non-hydrogen) atoms. The number of aryl methyl sites for hydroxylation is 1. The van der Waals surface area contributed by atoms with Crippen molar-refractivity contribution in [2.45, 2.75) is 32.7 Å². The van der Waals surface area contributed by atoms with Crippen LogP contribution in [0.4, 0.5) is 5.69 Å². The van der Waals surface area contributed by atoms with Crippen LogP contribution in [0.15, 0.2) is 24.3 Å². The Morgan fingerprint density at radius 2 is 2.15 bits per heavy atom. The Morgan fingerprint density at radius 1 is 1.31 bits per heavy atom. The molecule has 1 aromatic heterocycles. The summed E-state index contributed by atoms with van der Waals surface area (Å²) < 4.78 is 1.55. The predicted molar refractivity (Wildman–Crippen MR) is 95.8 cm³/mol. The zero-order chi connectivity index (χ0) is 18.5. The van der Waals surface area contributed by atoms with E-state index in [1.54, 1.807) is 29.8 Å². The molecule has 9 nitrogen and oxygen atoms in total. The largest absolute Gasteiger partial charge is 0.346 e. The van der Waals surface area contributed by atoms with Gasteiger partial charge in [0.2, 0.25) is 0 Å². The number of likely N-dealkylation sites (tertiary alicyclic amines) is 1. The molecule has 0 saturated carbocycles. The van der Waals surface area contributed by atoms with Crippen LogP contribution in [0.5, 0.6) is 0 Å². The van der Waals surface area contributed by atoms with E-state index in [2.05, 4.69) is 38.0 Å². The highest BCUT2D eigenvalue weighted by molar-refractivity contribution is 6.39. The number of amides is 2. The molecule has 9 heteroatoms. The number of rotatable bonds is 5. The number of nitrogens with one attached hydrogen (secondary N) is 2. The Morgan fingerprint density at radius 3 is 2.88 bits per heavy atom. The van der Waals surface area contributed by atoms with Crippen LogP contribution in [0, 0.1) is 6.92 Å². The van der Waals surface area contributed by atoms with Crippen molar-refractivity contribution in [1.82, 2.24) is 30.4 Å². The van der Waals surface area contributed by atoms with Crippen molar-refractivity contribution >= 4 is 17.5 Å². The van der Waals surface area contributed by atoms with E-state index in [0.717, 1.165) is 25.9 Å². The highest BCUT2D eigenvalue weighted by Gasteiger charge is 2.24. The second kappa shape index (κ2) is 8.05. The topological polar surface area (TPSA) is 105 Å². The van der Waals surface area contributed by atoms with Crippen LogP contribution in [0.2, 0.25) is 0 Å². The number of hydrogen-bond acceptors (Lipinski definition) is 6. The number of benzene rings is 1. The number of anilines is 1. The normalized spacial score (nSPS) is 17.2. The Balaban J connectivity index is 1.57. The summed E-state index contributed by atoms with van der Waals surface area (Å²) in [6.45, 7) is 6.38. The molecule has 0 bridgehead atoms. The average molecular weight is 357 g/mol. The van der Waals surface area contributed by atoms with Crippen molar-refractivity contribution in [2.24, 2.45) is 0 Å². The molecule has 1 aliphatic heterocycles. The molecule has 2 heterocycles. The van der Waals surface area contributed by atoms with Gasteiger partial charge in [-0.3, -0.25) is 14.5 Å². The van der Waals surface area contributed by atoms with E-state index in [1.165, 1.54) is 0 Å². The highest BCUT2D eigenvalue weighted by atomic mass is 16.2. The van der Waals surface area contributed by atoms with Crippen LogP contribution < -0.4 is 10.6 Å². The van der Waals surface area contributed by atoms with Crippen molar-refractivity contribution in [3.05, 3.63) is 30.1 Å². The number of aromatic nitrogens is 4. The highest BCUT2D eigenvalue weighted by Crippen LogP contribution is 2.16. The molecule has 0 radical (unpaired) electrons. The lowest BCUT2D eigenvalue weighted by Crippen LogP contribution is -2.43. The first-order valence-electron chi connectivity index (χ1n) is 8.77. The Hall–Kier alpha value is -2.81. The Labute approximate surface area is 151 Å². The molecule has 1 fully saturated rings. The monoisotopic (exact) mass is 357 g/mol. The van der Waals surface area contributed by atoms with Crippen LogP contribution >= 0.6 is 0 Å². The van der Waals surface area contributed by atoms with E-state index in [0.29, 0.717) is 29.8 Å². The summed E-state index contributed by atoms with van der Waals surface area (Å²) in [5, 5.41) is 16.7. The number of hydrogen-bond donors (Lipinski definition) is 2. The third-order valence-electron chi connectivity index (χ3n) is 4.58. The van der Waals surface area contributed by atoms with Crippen molar-refractivity contribution in [2.75, 3.05) is 25.0 Å². The van der Waals surface area contributed by atoms with Crippen LogP contribution in [0.1, 0.15) is 25.6 Å². The molecule has 1 aromatic carbocycles. The summed E-state index contributed by atoms with van der Waals surface area (Å²) in [7, 11) is 0. The molecular formula is C17H23N7O2. The summed E-state index contributed by atoms with van der Waals surface area (Å²) in [6, 6.07) is 7.32. The average Bonchev–Trinajstić information content (AvgIpc) is 3.28. The van der Waals surface area contributed by atoms with Gasteiger partial charge in [0, 0.05) is 18.3 Å². The second-order valence-corrected chi connectivity index (χ2v) is 6.28. The van der Waals surface area contributed by atoms with Gasteiger partial charge in [-0.2, -0.15) is 4.68 Å². The lowest BCUT2D eigenvalue weighted by molar-refractivity contribution is -0.136. The Kier molecular flexibility index (Phi) is 5.57. The first kappa shape index (κ1) is 18.0. The van der Waals surface area contributed by atoms with Gasteiger partial charge in [-0.25, -0.2) is 0 Å². The summed E-state index contributed by atoms with van der Waals surface area (Å²) >= 11 is 0. The minimum Gasteiger partial charge on any atom is -0.346 e. The standard InChI is InChI=1S/C17H23N7O2/c1-3-23-9-5-8-15(23)11-18-16(25)17(26)19-13-6-4-7-14(10-13)24-12(2)20-21-22-24/h4,6-7,10,15H,3,5,8-9,11H2,1-2H3,(H,18,25)(H,19,26)/t15-/m1/s1. The second-order valence-electron chi connectivity index (χ2n) is 6.28. The fourth-order valence-electron chi connectivity index (χ4n) is 3.21. The van der Waals surface area contributed by atoms with Gasteiger partial charge in [0.25, 0.3) is 0 Å². The first-order chi connectivity index (χ1) is 12.6. The predicted octanol–water partition coefficient (Wildman–Crippen LogP) is 0.510. The van der Waals surface area contributed by atoms with E-state index >= 15 is 0 Å². The zero-order valence-electron chi connectivity index (χ0n) is 15.0. The molecule has 0 spiro atoms. The van der Waals surface area contributed by atoms with Crippen molar-refractivity contribution in [1.29, 1.82) is 0 Å². The van der Waals surface area contributed by atoms with Gasteiger partial charge in [0.05, 0.1) is 5.69 Å². The minimum absolute atomic E-state index is 0.308. The molecule has 3 rings (SSSR count). The fourth-order valence-corrected chi connectivity index (χ4v) is 3.21. The number of nitrogens with zero attached hydrogens (tertiary/aromatic N) is 5. The first-order valence-corrected chi connectivity index (χ1v) is 8.77. The molecule has 0 unspecified atom stereocenters. The SMILES string of the molecule is CCN1CCC[C@@H]1CNC(=O)C(=O)Nc1cccc(-n2nnnc2C)c1. The summed E-state index contributed by atoms with van der Waals surface area (Å²) in [5.41, 5.74) is 1.21. The quantitative estimate of drug-likeness (QED) is 0.756. The van der Waals surface area contributed by atoms with E-state index in [4.69, 9.17) is 0 Å². The van der Waals surface area contributed by atoms with E-state index < -0.39 is 11.8 Å². The maximum Gasteiger partial charge on any atom is 0.313 e. The lowest BCUT2D eigenvalue weighted by Gasteiger charge is -2.22. The van der Waals surface area contributed by atoms with Gasteiger partial charge in [-0.05, 0) is 61.5 Å². The van der Waals surface area contributed by atoms with Crippen LogP contribution in [0.3, 0.4) is 0 Å². The summed E-state index contributed by atoms with van der Waals surface area (Å²) in [5.74, 6) is -0.683. The molecule has 1 saturated heterocycles. The maximum atomic E-state index is 12.1. The lowest BCUT2D eigenvalue weighted by atomic mass is 10.2. The third-order valence-corrected chi connectivity index (χ3v) is 4.58. The van der Waals surface area contributed by atoms with Gasteiger partial charge in [-0.15, -0.1) is 5.10 Å². The van der Waals surface area contributed by atoms with Gasteiger partial charge < -0.3 is 10.6 Å². The molecule has 0 aliphatic carbocycles. The molecule has 2 amide bonds. The maximum absolute atomic E-state index is 12.1. The van der Waals surface area contributed by atoms with Crippen molar-refractivity contribution in [3.8, 4) is 5.69 Å². The molecule has 2 aromatic rings. The van der Waals surface area contributed by atoms with Crippen LogP contribution in [-0.4, -0.2) is 62.6 Å². The Bertz CT molecular complexity index is 789. The number of tetrazole rings is 1. The summed E-state index contributed by atoms with van der Waals surface area (Å²) in [6.07, 6.45) is 2.17. The van der Waals surface area contributed by atoms with Crippen LogP contribution in [-0.2, 0) is 9.59 Å². The molecule has 1 aliphatic rings. The molecule has 1 atom stereocenters.